The Balaban J connectivity index is 1.63. The SMILES string of the molecule is COC(=O)C1(C)Nc2c(O)cc3c(c2C1=O)CC(Cl)CN3C(=O)c1cc2cc(OC)c(OC)c(OC)c2[nH]1. The highest BCUT2D eigenvalue weighted by Crippen LogP contribution is 2.48. The number of aromatic hydroxyl groups is 1. The monoisotopic (exact) mass is 543 g/mol. The maximum atomic E-state index is 13.8. The number of aromatic nitrogens is 1. The minimum atomic E-state index is -1.72. The number of Topliss-reactive ketones (excluding diaryl/α,β-unsaturated/α-hetero) is 1. The average Bonchev–Trinajstić information content (AvgIpc) is 3.46. The van der Waals surface area contributed by atoms with Crippen LogP contribution in [-0.2, 0) is 16.0 Å². The summed E-state index contributed by atoms with van der Waals surface area (Å²) in [6.07, 6.45) is 0.253. The van der Waals surface area contributed by atoms with E-state index in [0.29, 0.717) is 39.4 Å². The first-order valence-electron chi connectivity index (χ1n) is 11.7. The highest BCUT2D eigenvalue weighted by atomic mass is 35.5. The van der Waals surface area contributed by atoms with Gasteiger partial charge in [0.25, 0.3) is 5.91 Å². The number of phenols is 1. The number of aromatic amines is 1. The lowest BCUT2D eigenvalue weighted by atomic mass is 9.88. The molecule has 1 aromatic heterocycles. The van der Waals surface area contributed by atoms with Crippen LogP contribution >= 0.6 is 11.6 Å². The Morgan fingerprint density at radius 1 is 1.11 bits per heavy atom. The molecule has 2 aliphatic heterocycles. The molecule has 2 aromatic carbocycles. The maximum Gasteiger partial charge on any atom is 0.339 e. The molecule has 0 fully saturated rings. The summed E-state index contributed by atoms with van der Waals surface area (Å²) >= 11 is 6.58. The van der Waals surface area contributed by atoms with Crippen LogP contribution in [0.15, 0.2) is 18.2 Å². The Bertz CT molecular complexity index is 1520. The molecule has 0 bridgehead atoms. The molecule has 2 unspecified atom stereocenters. The number of ketones is 1. The van der Waals surface area contributed by atoms with Crippen molar-refractivity contribution in [3.05, 3.63) is 35.0 Å². The second-order valence-corrected chi connectivity index (χ2v) is 9.84. The number of esters is 1. The molecule has 1 amide bonds. The van der Waals surface area contributed by atoms with Crippen molar-refractivity contribution in [3.8, 4) is 23.0 Å². The number of rotatable bonds is 5. The summed E-state index contributed by atoms with van der Waals surface area (Å²) in [5, 5.41) is 13.8. The van der Waals surface area contributed by atoms with Crippen LogP contribution in [0.25, 0.3) is 10.9 Å². The number of benzene rings is 2. The summed E-state index contributed by atoms with van der Waals surface area (Å²) in [6, 6.07) is 4.76. The van der Waals surface area contributed by atoms with Gasteiger partial charge in [-0.2, -0.15) is 0 Å². The summed E-state index contributed by atoms with van der Waals surface area (Å²) < 4.78 is 21.2. The second-order valence-electron chi connectivity index (χ2n) is 9.22. The Morgan fingerprint density at radius 3 is 2.45 bits per heavy atom. The number of H-pyrrole nitrogens is 1. The molecular weight excluding hydrogens is 518 g/mol. The predicted molar refractivity (Wildman–Crippen MR) is 139 cm³/mol. The summed E-state index contributed by atoms with van der Waals surface area (Å²) in [4.78, 5) is 44.2. The Labute approximate surface area is 222 Å². The van der Waals surface area contributed by atoms with Gasteiger partial charge < -0.3 is 39.3 Å². The molecule has 5 rings (SSSR count). The van der Waals surface area contributed by atoms with Crippen LogP contribution in [0.1, 0.15) is 33.3 Å². The lowest BCUT2D eigenvalue weighted by Crippen LogP contribution is -2.47. The van der Waals surface area contributed by atoms with E-state index in [1.165, 1.54) is 46.3 Å². The normalized spacial score (nSPS) is 20.0. The lowest BCUT2D eigenvalue weighted by molar-refractivity contribution is -0.143. The fourth-order valence-corrected chi connectivity index (χ4v) is 5.50. The number of ether oxygens (including phenoxy) is 4. The number of nitrogens with one attached hydrogen (secondary N) is 2. The summed E-state index contributed by atoms with van der Waals surface area (Å²) in [5.41, 5.74) is 0.0298. The molecule has 0 spiro atoms. The number of hydrogen-bond acceptors (Lipinski definition) is 9. The van der Waals surface area contributed by atoms with Crippen LogP contribution in [0.4, 0.5) is 11.4 Å². The van der Waals surface area contributed by atoms with Crippen molar-refractivity contribution in [2.75, 3.05) is 45.2 Å². The fraction of sp³-hybridized carbons (Fsp3) is 0.346. The largest absolute Gasteiger partial charge is 0.506 e. The number of carbonyl (C=O) groups excluding carboxylic acids is 3. The minimum Gasteiger partial charge on any atom is -0.506 e. The van der Waals surface area contributed by atoms with Gasteiger partial charge in [0.1, 0.15) is 11.4 Å². The van der Waals surface area contributed by atoms with Crippen molar-refractivity contribution in [3.63, 3.8) is 0 Å². The Kier molecular flexibility index (Phi) is 6.06. The van der Waals surface area contributed by atoms with Gasteiger partial charge in [-0.05, 0) is 31.0 Å². The number of nitrogens with zero attached hydrogens (tertiary/aromatic N) is 1. The standard InChI is InChI=1S/C26H26ClN3O8/c1-26(25(34)38-5)23(32)18-13-8-12(27)10-30(15(13)9-16(31)20(18)29-26)24(33)14-6-11-7-17(35-2)21(36-3)22(37-4)19(11)28-14/h6-7,9,12,28-29,31H,8,10H2,1-5H3. The number of alkyl halides is 1. The average molecular weight is 544 g/mol. The topological polar surface area (TPSA) is 139 Å². The molecule has 38 heavy (non-hydrogen) atoms. The zero-order valence-electron chi connectivity index (χ0n) is 21.4. The first-order valence-corrected chi connectivity index (χ1v) is 12.1. The van der Waals surface area contributed by atoms with Crippen LogP contribution < -0.4 is 24.4 Å². The number of fused-ring (bicyclic) bond motifs is 4. The van der Waals surface area contributed by atoms with Gasteiger partial charge in [0.2, 0.25) is 11.5 Å². The fourth-order valence-electron chi connectivity index (χ4n) is 5.20. The van der Waals surface area contributed by atoms with Gasteiger partial charge in [-0.1, -0.05) is 0 Å². The molecule has 11 nitrogen and oxygen atoms in total. The van der Waals surface area contributed by atoms with E-state index in [1.54, 1.807) is 12.1 Å². The molecule has 3 N–H and O–H groups in total. The second kappa shape index (κ2) is 9.02. The van der Waals surface area contributed by atoms with Gasteiger partial charge in [0.15, 0.2) is 17.0 Å². The van der Waals surface area contributed by atoms with E-state index in [1.807, 2.05) is 0 Å². The third-order valence-electron chi connectivity index (χ3n) is 7.03. The van der Waals surface area contributed by atoms with Gasteiger partial charge in [-0.25, -0.2) is 4.79 Å². The van der Waals surface area contributed by atoms with Crippen molar-refractivity contribution < 1.29 is 38.4 Å². The molecule has 3 aromatic rings. The van der Waals surface area contributed by atoms with E-state index >= 15 is 0 Å². The van der Waals surface area contributed by atoms with Crippen LogP contribution in [0.5, 0.6) is 23.0 Å². The van der Waals surface area contributed by atoms with Crippen LogP contribution in [0.3, 0.4) is 0 Å². The molecule has 2 aliphatic rings. The quantitative estimate of drug-likeness (QED) is 0.191. The predicted octanol–water partition coefficient (Wildman–Crippen LogP) is 3.25. The number of phenolic OH excluding ortho intramolecular Hbond substituents is 1. The molecular formula is C26H26ClN3O8. The highest BCUT2D eigenvalue weighted by Gasteiger charge is 2.52. The molecule has 0 saturated heterocycles. The van der Waals surface area contributed by atoms with Gasteiger partial charge in [-0.3, -0.25) is 9.59 Å². The summed E-state index contributed by atoms with van der Waals surface area (Å²) in [6.45, 7) is 1.51. The van der Waals surface area contributed by atoms with Gasteiger partial charge in [0.05, 0.1) is 56.3 Å². The molecule has 2 atom stereocenters. The number of carbonyl (C=O) groups is 3. The molecule has 12 heteroatoms. The number of amides is 1. The van der Waals surface area contributed by atoms with E-state index in [2.05, 4.69) is 10.3 Å². The highest BCUT2D eigenvalue weighted by molar-refractivity contribution is 6.27. The summed E-state index contributed by atoms with van der Waals surface area (Å²) in [7, 11) is 5.64. The van der Waals surface area contributed by atoms with Gasteiger partial charge in [-0.15, -0.1) is 11.6 Å². The molecule has 0 aliphatic carbocycles. The van der Waals surface area contributed by atoms with E-state index < -0.39 is 28.6 Å². The Hall–Kier alpha value is -4.12. The third-order valence-corrected chi connectivity index (χ3v) is 7.33. The smallest absolute Gasteiger partial charge is 0.339 e. The van der Waals surface area contributed by atoms with E-state index in [4.69, 9.17) is 30.5 Å². The van der Waals surface area contributed by atoms with Crippen LogP contribution in [0.2, 0.25) is 0 Å². The minimum absolute atomic E-state index is 0.106. The number of anilines is 2. The molecule has 0 radical (unpaired) electrons. The van der Waals surface area contributed by atoms with Crippen molar-refractivity contribution in [1.29, 1.82) is 0 Å². The van der Waals surface area contributed by atoms with Crippen molar-refractivity contribution in [1.82, 2.24) is 4.98 Å². The lowest BCUT2D eigenvalue weighted by Gasteiger charge is -2.33. The molecule has 0 saturated carbocycles. The maximum absolute atomic E-state index is 13.8. The third kappa shape index (κ3) is 3.52. The van der Waals surface area contributed by atoms with E-state index in [-0.39, 0.29) is 35.7 Å². The van der Waals surface area contributed by atoms with E-state index in [0.717, 1.165) is 0 Å². The molecule has 3 heterocycles. The number of methoxy groups -OCH3 is 4. The van der Waals surface area contributed by atoms with Crippen molar-refractivity contribution in [2.45, 2.75) is 24.3 Å². The zero-order valence-corrected chi connectivity index (χ0v) is 22.1. The van der Waals surface area contributed by atoms with Crippen molar-refractivity contribution >= 4 is 51.5 Å². The molecule has 200 valence electrons. The first-order chi connectivity index (χ1) is 18.1. The number of halogens is 1. The Morgan fingerprint density at radius 2 is 1.82 bits per heavy atom. The first kappa shape index (κ1) is 25.5. The van der Waals surface area contributed by atoms with Gasteiger partial charge >= 0.3 is 5.97 Å². The van der Waals surface area contributed by atoms with Gasteiger partial charge in [0, 0.05) is 18.0 Å². The van der Waals surface area contributed by atoms with Crippen molar-refractivity contribution in [2.24, 2.45) is 0 Å². The van der Waals surface area contributed by atoms with E-state index in [9.17, 15) is 19.5 Å². The zero-order chi connectivity index (χ0) is 27.5. The number of hydrogen-bond donors (Lipinski definition) is 3. The summed E-state index contributed by atoms with van der Waals surface area (Å²) in [5.74, 6) is -0.925. The van der Waals surface area contributed by atoms with Crippen LogP contribution in [-0.4, -0.2) is 73.7 Å². The van der Waals surface area contributed by atoms with Crippen LogP contribution in [0, 0.1) is 0 Å².